The van der Waals surface area contributed by atoms with Gasteiger partial charge in [-0.3, -0.25) is 0 Å². The molecule has 2 unspecified atom stereocenters. The largest absolute Gasteiger partial charge is 0.447 e. The molecule has 0 bridgehead atoms. The standard InChI is InChI=1S/C22H12Br2Cl2O4S4/c1-7-3-5-9(31-7)21(27)29-15-11-13(25)19(23)34-18(11)16(12-14(26)20(24)33-17(12)15)30-22(28)10-6-4-8(2)32-10/h3-6,15-16H,1-2H3. The van der Waals surface area contributed by atoms with Crippen LogP contribution in [0.4, 0.5) is 0 Å². The van der Waals surface area contributed by atoms with Crippen molar-refractivity contribution in [1.82, 2.24) is 0 Å². The lowest BCUT2D eigenvalue weighted by molar-refractivity contribution is 0.0295. The van der Waals surface area contributed by atoms with Crippen LogP contribution in [-0.2, 0) is 9.47 Å². The molecule has 5 rings (SSSR count). The van der Waals surface area contributed by atoms with Crippen LogP contribution in [0.15, 0.2) is 31.8 Å². The molecule has 12 heteroatoms. The third-order valence-electron chi connectivity index (χ3n) is 5.08. The topological polar surface area (TPSA) is 52.6 Å². The summed E-state index contributed by atoms with van der Waals surface area (Å²) in [4.78, 5) is 30.4. The highest BCUT2D eigenvalue weighted by molar-refractivity contribution is 9.11. The molecule has 4 nitrogen and oxygen atoms in total. The van der Waals surface area contributed by atoms with Gasteiger partial charge in [-0.15, -0.1) is 45.3 Å². The van der Waals surface area contributed by atoms with Gasteiger partial charge < -0.3 is 9.47 Å². The van der Waals surface area contributed by atoms with Crippen molar-refractivity contribution in [2.24, 2.45) is 0 Å². The van der Waals surface area contributed by atoms with Crippen molar-refractivity contribution in [2.75, 3.05) is 0 Å². The number of hydrogen-bond acceptors (Lipinski definition) is 8. The zero-order chi connectivity index (χ0) is 24.3. The minimum absolute atomic E-state index is 0.416. The molecule has 34 heavy (non-hydrogen) atoms. The summed E-state index contributed by atoms with van der Waals surface area (Å²) in [6.07, 6.45) is -1.58. The monoisotopic (exact) mass is 696 g/mol. The Morgan fingerprint density at radius 2 is 1.12 bits per heavy atom. The van der Waals surface area contributed by atoms with Gasteiger partial charge in [-0.05, 0) is 70.0 Å². The molecule has 0 N–H and O–H groups in total. The van der Waals surface area contributed by atoms with E-state index in [1.807, 2.05) is 26.0 Å². The molecule has 4 heterocycles. The summed E-state index contributed by atoms with van der Waals surface area (Å²) in [7, 11) is 0. The summed E-state index contributed by atoms with van der Waals surface area (Å²) < 4.78 is 13.3. The molecule has 1 aliphatic carbocycles. The van der Waals surface area contributed by atoms with Gasteiger partial charge >= 0.3 is 11.9 Å². The number of thiophene rings is 4. The fourth-order valence-corrected chi connectivity index (χ4v) is 9.29. The first kappa shape index (κ1) is 25.0. The average molecular weight is 699 g/mol. The summed E-state index contributed by atoms with van der Waals surface area (Å²) in [6, 6.07) is 7.22. The number of fused-ring (bicyclic) bond motifs is 2. The van der Waals surface area contributed by atoms with E-state index in [2.05, 4.69) is 31.9 Å². The first-order valence-electron chi connectivity index (χ1n) is 9.65. The SMILES string of the molecule is Cc1ccc(C(=O)OC2c3sc(Br)c(Cl)c3C(OC(=O)c3ccc(C)s3)c3sc(Br)c(Cl)c32)s1. The second-order valence-electron chi connectivity index (χ2n) is 7.33. The van der Waals surface area contributed by atoms with Gasteiger partial charge in [-0.1, -0.05) is 23.2 Å². The Labute approximate surface area is 237 Å². The summed E-state index contributed by atoms with van der Waals surface area (Å²) in [5.74, 6) is -0.910. The van der Waals surface area contributed by atoms with Gasteiger partial charge in [0, 0.05) is 20.9 Å². The van der Waals surface area contributed by atoms with Crippen molar-refractivity contribution in [3.05, 3.63) is 82.3 Å². The highest BCUT2D eigenvalue weighted by atomic mass is 79.9. The van der Waals surface area contributed by atoms with Crippen LogP contribution in [-0.4, -0.2) is 11.9 Å². The number of hydrogen-bond donors (Lipinski definition) is 0. The van der Waals surface area contributed by atoms with E-state index in [9.17, 15) is 9.59 Å². The molecule has 0 aromatic carbocycles. The summed E-state index contributed by atoms with van der Waals surface area (Å²) in [5, 5.41) is 0.832. The second-order valence-corrected chi connectivity index (χ2v) is 15.4. The Morgan fingerprint density at radius 1 is 0.735 bits per heavy atom. The predicted octanol–water partition coefficient (Wildman–Crippen LogP) is 9.59. The van der Waals surface area contributed by atoms with E-state index in [1.54, 1.807) is 12.1 Å². The van der Waals surface area contributed by atoms with Crippen molar-refractivity contribution < 1.29 is 19.1 Å². The molecular formula is C22H12Br2Cl2O4S4. The zero-order valence-electron chi connectivity index (χ0n) is 17.2. The molecule has 4 aromatic heterocycles. The van der Waals surface area contributed by atoms with E-state index in [1.165, 1.54) is 45.3 Å². The second kappa shape index (κ2) is 9.63. The smallest absolute Gasteiger partial charge is 0.349 e. The van der Waals surface area contributed by atoms with Gasteiger partial charge in [0.15, 0.2) is 12.2 Å². The number of ether oxygens (including phenoxy) is 2. The molecule has 0 spiro atoms. The molecule has 0 radical (unpaired) electrons. The van der Waals surface area contributed by atoms with Crippen LogP contribution in [0.3, 0.4) is 0 Å². The minimum Gasteiger partial charge on any atom is -0.447 e. The Morgan fingerprint density at radius 3 is 1.44 bits per heavy atom. The highest BCUT2D eigenvalue weighted by Gasteiger charge is 2.44. The fraction of sp³-hybridized carbons (Fsp3) is 0.182. The maximum Gasteiger partial charge on any atom is 0.349 e. The fourth-order valence-electron chi connectivity index (χ4n) is 3.60. The van der Waals surface area contributed by atoms with Crippen LogP contribution in [0.2, 0.25) is 10.0 Å². The first-order chi connectivity index (χ1) is 16.2. The normalized spacial score (nSPS) is 16.8. The number of aryl methyl sites for hydroxylation is 2. The molecule has 0 aliphatic heterocycles. The van der Waals surface area contributed by atoms with Crippen LogP contribution >= 0.6 is 100 Å². The van der Waals surface area contributed by atoms with Gasteiger partial charge in [0.25, 0.3) is 0 Å². The van der Waals surface area contributed by atoms with E-state index in [0.29, 0.717) is 48.3 Å². The Kier molecular flexibility index (Phi) is 7.06. The molecule has 0 amide bonds. The van der Waals surface area contributed by atoms with Crippen molar-refractivity contribution >= 4 is 112 Å². The highest BCUT2D eigenvalue weighted by Crippen LogP contribution is 2.58. The maximum absolute atomic E-state index is 13.0. The Hall–Kier alpha value is -0.720. The van der Waals surface area contributed by atoms with Gasteiger partial charge in [0.05, 0.1) is 27.4 Å². The first-order valence-corrected chi connectivity index (χ1v) is 15.3. The third kappa shape index (κ3) is 4.34. The lowest BCUT2D eigenvalue weighted by Crippen LogP contribution is -2.22. The van der Waals surface area contributed by atoms with Crippen molar-refractivity contribution in [2.45, 2.75) is 26.1 Å². The van der Waals surface area contributed by atoms with E-state index in [4.69, 9.17) is 32.7 Å². The molecule has 0 saturated heterocycles. The summed E-state index contributed by atoms with van der Waals surface area (Å²) in [5.41, 5.74) is 1.19. The van der Waals surface area contributed by atoms with Crippen LogP contribution in [0, 0.1) is 13.8 Å². The molecule has 0 saturated carbocycles. The van der Waals surface area contributed by atoms with E-state index in [-0.39, 0.29) is 0 Å². The lowest BCUT2D eigenvalue weighted by Gasteiger charge is -2.29. The number of carbonyl (C=O) groups is 2. The molecule has 4 aromatic rings. The summed E-state index contributed by atoms with van der Waals surface area (Å²) in [6.45, 7) is 3.85. The lowest BCUT2D eigenvalue weighted by atomic mass is 9.93. The van der Waals surface area contributed by atoms with Gasteiger partial charge in [0.1, 0.15) is 9.75 Å². The van der Waals surface area contributed by atoms with E-state index >= 15 is 0 Å². The predicted molar refractivity (Wildman–Crippen MR) is 147 cm³/mol. The van der Waals surface area contributed by atoms with Crippen LogP contribution in [0.25, 0.3) is 0 Å². The zero-order valence-corrected chi connectivity index (χ0v) is 25.2. The summed E-state index contributed by atoms with van der Waals surface area (Å²) >= 11 is 25.8. The van der Waals surface area contributed by atoms with Crippen molar-refractivity contribution in [1.29, 1.82) is 0 Å². The van der Waals surface area contributed by atoms with Crippen LogP contribution in [0.5, 0.6) is 0 Å². The molecular weight excluding hydrogens is 687 g/mol. The minimum atomic E-state index is -0.789. The quantitative estimate of drug-likeness (QED) is 0.199. The number of esters is 2. The van der Waals surface area contributed by atoms with Crippen molar-refractivity contribution in [3.63, 3.8) is 0 Å². The van der Waals surface area contributed by atoms with Crippen LogP contribution in [0.1, 0.15) is 62.2 Å². The third-order valence-corrected chi connectivity index (χ3v) is 12.3. The molecule has 176 valence electrons. The van der Waals surface area contributed by atoms with Gasteiger partial charge in [-0.25, -0.2) is 9.59 Å². The Balaban J connectivity index is 1.61. The molecule has 0 fully saturated rings. The van der Waals surface area contributed by atoms with E-state index < -0.39 is 24.1 Å². The molecule has 2 atom stereocenters. The van der Waals surface area contributed by atoms with E-state index in [0.717, 1.165) is 9.75 Å². The van der Waals surface area contributed by atoms with Crippen molar-refractivity contribution in [3.8, 4) is 0 Å². The van der Waals surface area contributed by atoms with Gasteiger partial charge in [-0.2, -0.15) is 0 Å². The average Bonchev–Trinajstić information content (AvgIpc) is 3.54. The number of halogens is 4. The van der Waals surface area contributed by atoms with Crippen LogP contribution < -0.4 is 0 Å². The maximum atomic E-state index is 13.0. The molecule has 1 aliphatic rings. The number of carbonyl (C=O) groups excluding carboxylic acids is 2. The number of rotatable bonds is 4. The Bertz CT molecular complexity index is 1340. The van der Waals surface area contributed by atoms with Gasteiger partial charge in [0.2, 0.25) is 0 Å².